The lowest BCUT2D eigenvalue weighted by Gasteiger charge is -2.22. The molecule has 0 aliphatic heterocycles. The van der Waals surface area contributed by atoms with Crippen molar-refractivity contribution in [2.24, 2.45) is 5.92 Å². The number of methoxy groups -OCH3 is 1. The number of rotatable bonds is 7. The average molecular weight is 462 g/mol. The SMILES string of the molecule is COc1ccc(-c2sc(NC(=O)C3CCCC3)nc2C)cc1S(=O)NC1CCCCC1. The summed E-state index contributed by atoms with van der Waals surface area (Å²) < 4.78 is 21.9. The summed E-state index contributed by atoms with van der Waals surface area (Å²) in [7, 11) is 0.254. The molecule has 31 heavy (non-hydrogen) atoms. The molecule has 1 atom stereocenters. The fraction of sp³-hybridized carbons (Fsp3) is 0.565. The minimum absolute atomic E-state index is 0.0750. The van der Waals surface area contributed by atoms with Crippen molar-refractivity contribution in [3.8, 4) is 16.2 Å². The van der Waals surface area contributed by atoms with E-state index in [2.05, 4.69) is 15.0 Å². The van der Waals surface area contributed by atoms with Gasteiger partial charge in [0.05, 0.1) is 22.6 Å². The number of anilines is 1. The van der Waals surface area contributed by atoms with Crippen molar-refractivity contribution >= 4 is 33.4 Å². The van der Waals surface area contributed by atoms with Gasteiger partial charge in [-0.1, -0.05) is 43.4 Å². The Morgan fingerprint density at radius 1 is 1.13 bits per heavy atom. The van der Waals surface area contributed by atoms with Crippen molar-refractivity contribution in [1.82, 2.24) is 9.71 Å². The van der Waals surface area contributed by atoms with E-state index in [1.165, 1.54) is 30.6 Å². The predicted octanol–water partition coefficient (Wildman–Crippen LogP) is 5.20. The molecule has 1 aromatic heterocycles. The third kappa shape index (κ3) is 5.35. The van der Waals surface area contributed by atoms with E-state index < -0.39 is 11.0 Å². The molecule has 4 rings (SSSR count). The molecule has 0 spiro atoms. The maximum Gasteiger partial charge on any atom is 0.229 e. The molecule has 1 amide bonds. The van der Waals surface area contributed by atoms with Gasteiger partial charge < -0.3 is 10.1 Å². The number of carbonyl (C=O) groups excluding carboxylic acids is 1. The summed E-state index contributed by atoms with van der Waals surface area (Å²) in [6.07, 6.45) is 9.92. The molecule has 2 fully saturated rings. The van der Waals surface area contributed by atoms with E-state index in [-0.39, 0.29) is 17.9 Å². The zero-order valence-electron chi connectivity index (χ0n) is 18.2. The molecule has 0 bridgehead atoms. The van der Waals surface area contributed by atoms with Gasteiger partial charge in [-0.3, -0.25) is 4.79 Å². The molecule has 1 aromatic carbocycles. The van der Waals surface area contributed by atoms with Crippen LogP contribution in [0.4, 0.5) is 5.13 Å². The van der Waals surface area contributed by atoms with Gasteiger partial charge in [0.2, 0.25) is 5.91 Å². The van der Waals surface area contributed by atoms with E-state index in [0.717, 1.165) is 54.7 Å². The smallest absolute Gasteiger partial charge is 0.229 e. The summed E-state index contributed by atoms with van der Waals surface area (Å²) in [5.41, 5.74) is 1.79. The van der Waals surface area contributed by atoms with Crippen LogP contribution >= 0.6 is 11.3 Å². The van der Waals surface area contributed by atoms with E-state index in [0.29, 0.717) is 15.8 Å². The molecule has 2 aromatic rings. The molecule has 2 saturated carbocycles. The number of aromatic nitrogens is 1. The second kappa shape index (κ2) is 10.2. The van der Waals surface area contributed by atoms with Crippen LogP contribution in [0.2, 0.25) is 0 Å². The van der Waals surface area contributed by atoms with Gasteiger partial charge in [-0.05, 0) is 56.4 Å². The lowest BCUT2D eigenvalue weighted by atomic mass is 9.96. The Labute approximate surface area is 190 Å². The third-order valence-electron chi connectivity index (χ3n) is 6.26. The first kappa shape index (κ1) is 22.4. The lowest BCUT2D eigenvalue weighted by molar-refractivity contribution is -0.119. The topological polar surface area (TPSA) is 80.3 Å². The normalized spacial score (nSPS) is 18.8. The summed E-state index contributed by atoms with van der Waals surface area (Å²) >= 11 is 1.47. The summed E-state index contributed by atoms with van der Waals surface area (Å²) in [6, 6.07) is 6.03. The molecule has 168 valence electrons. The fourth-order valence-corrected chi connectivity index (χ4v) is 6.71. The number of benzene rings is 1. The molecule has 0 saturated heterocycles. The Bertz CT molecular complexity index is 948. The molecule has 8 heteroatoms. The summed E-state index contributed by atoms with van der Waals surface area (Å²) in [4.78, 5) is 18.7. The highest BCUT2D eigenvalue weighted by molar-refractivity contribution is 7.83. The number of amides is 1. The first-order chi connectivity index (χ1) is 15.0. The number of carbonyl (C=O) groups is 1. The van der Waals surface area contributed by atoms with Crippen molar-refractivity contribution in [2.45, 2.75) is 75.6 Å². The van der Waals surface area contributed by atoms with Gasteiger partial charge in [-0.2, -0.15) is 0 Å². The second-order valence-corrected chi connectivity index (χ2v) is 10.7. The predicted molar refractivity (Wildman–Crippen MR) is 126 cm³/mol. The zero-order valence-corrected chi connectivity index (χ0v) is 19.9. The molecule has 1 heterocycles. The Morgan fingerprint density at radius 2 is 1.84 bits per heavy atom. The number of thiazole rings is 1. The number of hydrogen-bond donors (Lipinski definition) is 2. The fourth-order valence-electron chi connectivity index (χ4n) is 4.51. The van der Waals surface area contributed by atoms with Crippen LogP contribution in [0.25, 0.3) is 10.4 Å². The van der Waals surface area contributed by atoms with Crippen LogP contribution in [0.1, 0.15) is 63.5 Å². The van der Waals surface area contributed by atoms with Crippen molar-refractivity contribution in [3.63, 3.8) is 0 Å². The van der Waals surface area contributed by atoms with Gasteiger partial charge in [0.15, 0.2) is 5.13 Å². The Morgan fingerprint density at radius 3 is 2.55 bits per heavy atom. The van der Waals surface area contributed by atoms with Crippen molar-refractivity contribution in [3.05, 3.63) is 23.9 Å². The van der Waals surface area contributed by atoms with Crippen LogP contribution in [0, 0.1) is 12.8 Å². The number of nitrogens with one attached hydrogen (secondary N) is 2. The van der Waals surface area contributed by atoms with Crippen LogP contribution in [-0.2, 0) is 15.8 Å². The van der Waals surface area contributed by atoms with E-state index in [9.17, 15) is 9.00 Å². The number of hydrogen-bond acceptors (Lipinski definition) is 5. The van der Waals surface area contributed by atoms with Crippen molar-refractivity contribution < 1.29 is 13.7 Å². The maximum absolute atomic E-state index is 13.1. The second-order valence-electron chi connectivity index (χ2n) is 8.49. The molecular formula is C23H31N3O3S2. The monoisotopic (exact) mass is 461 g/mol. The van der Waals surface area contributed by atoms with Crippen LogP contribution in [0.5, 0.6) is 5.75 Å². The molecule has 0 radical (unpaired) electrons. The van der Waals surface area contributed by atoms with Crippen LogP contribution in [-0.4, -0.2) is 28.3 Å². The highest BCUT2D eigenvalue weighted by Gasteiger charge is 2.24. The summed E-state index contributed by atoms with van der Waals surface area (Å²) in [5.74, 6) is 0.793. The molecule has 1 unspecified atom stereocenters. The Hall–Kier alpha value is -1.77. The highest BCUT2D eigenvalue weighted by atomic mass is 32.2. The van der Waals surface area contributed by atoms with Crippen LogP contribution in [0.15, 0.2) is 23.1 Å². The van der Waals surface area contributed by atoms with Crippen LogP contribution < -0.4 is 14.8 Å². The highest BCUT2D eigenvalue weighted by Crippen LogP contribution is 2.37. The molecule has 6 nitrogen and oxygen atoms in total. The van der Waals surface area contributed by atoms with Gasteiger partial charge in [-0.25, -0.2) is 13.9 Å². The summed E-state index contributed by atoms with van der Waals surface area (Å²) in [6.45, 7) is 1.94. The minimum atomic E-state index is -1.35. The van der Waals surface area contributed by atoms with Gasteiger partial charge >= 0.3 is 0 Å². The van der Waals surface area contributed by atoms with Crippen LogP contribution in [0.3, 0.4) is 0 Å². The maximum atomic E-state index is 13.1. The number of nitrogens with zero attached hydrogens (tertiary/aromatic N) is 1. The van der Waals surface area contributed by atoms with Gasteiger partial charge in [0.25, 0.3) is 0 Å². The Kier molecular flexibility index (Phi) is 7.40. The number of ether oxygens (including phenoxy) is 1. The molecular weight excluding hydrogens is 430 g/mol. The largest absolute Gasteiger partial charge is 0.495 e. The third-order valence-corrected chi connectivity index (χ3v) is 8.64. The first-order valence-electron chi connectivity index (χ1n) is 11.2. The van der Waals surface area contributed by atoms with E-state index >= 15 is 0 Å². The lowest BCUT2D eigenvalue weighted by Crippen LogP contribution is -2.32. The number of aryl methyl sites for hydroxylation is 1. The summed E-state index contributed by atoms with van der Waals surface area (Å²) in [5, 5.41) is 3.63. The quantitative estimate of drug-likeness (QED) is 0.594. The van der Waals surface area contributed by atoms with Gasteiger partial charge in [-0.15, -0.1) is 0 Å². The van der Waals surface area contributed by atoms with E-state index in [4.69, 9.17) is 4.74 Å². The van der Waals surface area contributed by atoms with Crippen molar-refractivity contribution in [2.75, 3.05) is 12.4 Å². The van der Waals surface area contributed by atoms with E-state index in [1.54, 1.807) is 7.11 Å². The molecule has 2 aliphatic carbocycles. The first-order valence-corrected chi connectivity index (χ1v) is 13.2. The van der Waals surface area contributed by atoms with Gasteiger partial charge in [0, 0.05) is 12.0 Å². The van der Waals surface area contributed by atoms with Crippen molar-refractivity contribution in [1.29, 1.82) is 0 Å². The Balaban J connectivity index is 1.53. The standard InChI is InChI=1S/C23H31N3O3S2/c1-15-21(30-23(24-15)25-22(27)16-8-6-7-9-16)17-12-13-19(29-2)20(14-17)31(28)26-18-10-4-3-5-11-18/h12-14,16,18,26H,3-11H2,1-2H3,(H,24,25,27). The van der Waals surface area contributed by atoms with E-state index in [1.807, 2.05) is 25.1 Å². The molecule has 2 aliphatic rings. The zero-order chi connectivity index (χ0) is 21.8. The molecule has 2 N–H and O–H groups in total. The average Bonchev–Trinajstić information content (AvgIpc) is 3.44. The minimum Gasteiger partial charge on any atom is -0.495 e. The van der Waals surface area contributed by atoms with Gasteiger partial charge in [0.1, 0.15) is 16.7 Å².